The van der Waals surface area contributed by atoms with E-state index in [0.717, 1.165) is 24.5 Å². The molecule has 0 aliphatic rings. The normalized spacial score (nSPS) is 10.8. The molecule has 0 aliphatic heterocycles. The molecule has 0 atom stereocenters. The number of benzene rings is 1. The summed E-state index contributed by atoms with van der Waals surface area (Å²) in [4.78, 5) is 4.40. The average molecular weight is 230 g/mol. The molecular formula is C13H18N4. The van der Waals surface area contributed by atoms with E-state index in [1.165, 1.54) is 16.7 Å². The molecule has 1 heterocycles. The van der Waals surface area contributed by atoms with E-state index in [4.69, 9.17) is 5.73 Å². The molecule has 2 rings (SSSR count). The SMILES string of the molecule is Cc1ccc(Cc2nc(CCN)n[nH]2)cc1C. The first kappa shape index (κ1) is 11.8. The Morgan fingerprint density at radius 3 is 2.76 bits per heavy atom. The zero-order valence-corrected chi connectivity index (χ0v) is 10.3. The first-order valence-corrected chi connectivity index (χ1v) is 5.85. The Balaban J connectivity index is 2.11. The average Bonchev–Trinajstić information content (AvgIpc) is 2.72. The summed E-state index contributed by atoms with van der Waals surface area (Å²) in [5, 5.41) is 7.08. The van der Waals surface area contributed by atoms with Crippen molar-refractivity contribution < 1.29 is 0 Å². The number of H-pyrrole nitrogens is 1. The molecule has 0 bridgehead atoms. The molecule has 3 N–H and O–H groups in total. The largest absolute Gasteiger partial charge is 0.330 e. The third kappa shape index (κ3) is 2.91. The van der Waals surface area contributed by atoms with Gasteiger partial charge in [0.1, 0.15) is 5.82 Å². The van der Waals surface area contributed by atoms with Crippen LogP contribution < -0.4 is 5.73 Å². The second-order valence-corrected chi connectivity index (χ2v) is 4.33. The van der Waals surface area contributed by atoms with Gasteiger partial charge >= 0.3 is 0 Å². The topological polar surface area (TPSA) is 67.6 Å². The van der Waals surface area contributed by atoms with Crippen LogP contribution in [0.4, 0.5) is 0 Å². The van der Waals surface area contributed by atoms with Gasteiger partial charge in [0.25, 0.3) is 0 Å². The minimum absolute atomic E-state index is 0.584. The minimum atomic E-state index is 0.584. The van der Waals surface area contributed by atoms with E-state index in [0.29, 0.717) is 6.54 Å². The fraction of sp³-hybridized carbons (Fsp3) is 0.385. The summed E-state index contributed by atoms with van der Waals surface area (Å²) < 4.78 is 0. The predicted molar refractivity (Wildman–Crippen MR) is 67.9 cm³/mol. The molecule has 0 saturated carbocycles. The highest BCUT2D eigenvalue weighted by atomic mass is 15.2. The monoisotopic (exact) mass is 230 g/mol. The number of rotatable bonds is 4. The van der Waals surface area contributed by atoms with Gasteiger partial charge in [0.2, 0.25) is 0 Å². The lowest BCUT2D eigenvalue weighted by Gasteiger charge is -2.03. The standard InChI is InChI=1S/C13H18N4/c1-9-3-4-11(7-10(9)2)8-13-15-12(5-6-14)16-17-13/h3-4,7H,5-6,8,14H2,1-2H3,(H,15,16,17). The van der Waals surface area contributed by atoms with E-state index in [2.05, 4.69) is 47.2 Å². The summed E-state index contributed by atoms with van der Waals surface area (Å²) in [5.41, 5.74) is 9.34. The number of aromatic nitrogens is 3. The third-order valence-electron chi connectivity index (χ3n) is 2.89. The predicted octanol–water partition coefficient (Wildman–Crippen LogP) is 1.51. The molecule has 0 amide bonds. The van der Waals surface area contributed by atoms with Crippen molar-refractivity contribution in [3.05, 3.63) is 46.5 Å². The van der Waals surface area contributed by atoms with Crippen LogP contribution in [0.2, 0.25) is 0 Å². The number of aromatic amines is 1. The molecule has 1 aromatic heterocycles. The van der Waals surface area contributed by atoms with Crippen molar-refractivity contribution in [1.29, 1.82) is 0 Å². The summed E-state index contributed by atoms with van der Waals surface area (Å²) in [5.74, 6) is 1.70. The Morgan fingerprint density at radius 1 is 1.24 bits per heavy atom. The van der Waals surface area contributed by atoms with Crippen LogP contribution in [0.5, 0.6) is 0 Å². The molecule has 0 spiro atoms. The Labute approximate surface area is 101 Å². The van der Waals surface area contributed by atoms with Crippen molar-refractivity contribution in [2.24, 2.45) is 5.73 Å². The molecular weight excluding hydrogens is 212 g/mol. The summed E-state index contributed by atoms with van der Waals surface area (Å²) in [6.45, 7) is 4.83. The van der Waals surface area contributed by atoms with Crippen LogP contribution in [0.15, 0.2) is 18.2 Å². The fourth-order valence-corrected chi connectivity index (χ4v) is 1.76. The van der Waals surface area contributed by atoms with Gasteiger partial charge in [-0.3, -0.25) is 5.10 Å². The van der Waals surface area contributed by atoms with Crippen molar-refractivity contribution in [2.75, 3.05) is 6.54 Å². The summed E-state index contributed by atoms with van der Waals surface area (Å²) in [6.07, 6.45) is 1.52. The summed E-state index contributed by atoms with van der Waals surface area (Å²) in [6, 6.07) is 6.47. The maximum atomic E-state index is 5.46. The first-order valence-electron chi connectivity index (χ1n) is 5.85. The number of hydrogen-bond donors (Lipinski definition) is 2. The van der Waals surface area contributed by atoms with Crippen LogP contribution in [0, 0.1) is 13.8 Å². The summed E-state index contributed by atoms with van der Waals surface area (Å²) in [7, 11) is 0. The zero-order valence-electron chi connectivity index (χ0n) is 10.3. The molecule has 0 aliphatic carbocycles. The molecule has 4 heteroatoms. The van der Waals surface area contributed by atoms with E-state index >= 15 is 0 Å². The Hall–Kier alpha value is -1.68. The minimum Gasteiger partial charge on any atom is -0.330 e. The molecule has 0 fully saturated rings. The van der Waals surface area contributed by atoms with Crippen molar-refractivity contribution >= 4 is 0 Å². The second kappa shape index (κ2) is 5.10. The molecule has 0 saturated heterocycles. The van der Waals surface area contributed by atoms with Gasteiger partial charge in [-0.1, -0.05) is 18.2 Å². The van der Waals surface area contributed by atoms with Crippen molar-refractivity contribution in [2.45, 2.75) is 26.7 Å². The smallest absolute Gasteiger partial charge is 0.151 e. The lowest BCUT2D eigenvalue weighted by molar-refractivity contribution is 0.874. The molecule has 1 aromatic carbocycles. The van der Waals surface area contributed by atoms with Crippen LogP contribution in [-0.2, 0) is 12.8 Å². The van der Waals surface area contributed by atoms with E-state index in [-0.39, 0.29) is 0 Å². The Bertz CT molecular complexity index is 502. The van der Waals surface area contributed by atoms with Gasteiger partial charge in [0, 0.05) is 12.8 Å². The van der Waals surface area contributed by atoms with Crippen LogP contribution >= 0.6 is 0 Å². The maximum absolute atomic E-state index is 5.46. The van der Waals surface area contributed by atoms with Crippen LogP contribution in [0.25, 0.3) is 0 Å². The van der Waals surface area contributed by atoms with Crippen LogP contribution in [-0.4, -0.2) is 21.7 Å². The molecule has 90 valence electrons. The van der Waals surface area contributed by atoms with Gasteiger partial charge in [-0.05, 0) is 37.1 Å². The second-order valence-electron chi connectivity index (χ2n) is 4.33. The van der Waals surface area contributed by atoms with Crippen LogP contribution in [0.1, 0.15) is 28.3 Å². The lowest BCUT2D eigenvalue weighted by atomic mass is 10.0. The number of nitrogens with one attached hydrogen (secondary N) is 1. The number of hydrogen-bond acceptors (Lipinski definition) is 3. The Kier molecular flexibility index (Phi) is 3.54. The quantitative estimate of drug-likeness (QED) is 0.836. The molecule has 4 nitrogen and oxygen atoms in total. The van der Waals surface area contributed by atoms with E-state index < -0.39 is 0 Å². The van der Waals surface area contributed by atoms with E-state index in [1.807, 2.05) is 0 Å². The summed E-state index contributed by atoms with van der Waals surface area (Å²) >= 11 is 0. The highest BCUT2D eigenvalue weighted by Crippen LogP contribution is 2.12. The zero-order chi connectivity index (χ0) is 12.3. The molecule has 0 radical (unpaired) electrons. The van der Waals surface area contributed by atoms with Crippen LogP contribution in [0.3, 0.4) is 0 Å². The number of nitrogens with two attached hydrogens (primary N) is 1. The number of aryl methyl sites for hydroxylation is 2. The fourth-order valence-electron chi connectivity index (χ4n) is 1.76. The highest BCUT2D eigenvalue weighted by molar-refractivity contribution is 5.31. The maximum Gasteiger partial charge on any atom is 0.151 e. The van der Waals surface area contributed by atoms with Gasteiger partial charge in [-0.25, -0.2) is 4.98 Å². The third-order valence-corrected chi connectivity index (χ3v) is 2.89. The van der Waals surface area contributed by atoms with Crippen molar-refractivity contribution in [3.63, 3.8) is 0 Å². The van der Waals surface area contributed by atoms with Gasteiger partial charge < -0.3 is 5.73 Å². The molecule has 2 aromatic rings. The Morgan fingerprint density at radius 2 is 2.06 bits per heavy atom. The van der Waals surface area contributed by atoms with E-state index in [9.17, 15) is 0 Å². The molecule has 0 unspecified atom stereocenters. The van der Waals surface area contributed by atoms with Gasteiger partial charge in [-0.15, -0.1) is 0 Å². The van der Waals surface area contributed by atoms with E-state index in [1.54, 1.807) is 0 Å². The number of nitrogens with zero attached hydrogens (tertiary/aromatic N) is 2. The first-order chi connectivity index (χ1) is 8.19. The van der Waals surface area contributed by atoms with Gasteiger partial charge in [-0.2, -0.15) is 5.10 Å². The lowest BCUT2D eigenvalue weighted by Crippen LogP contribution is -2.04. The van der Waals surface area contributed by atoms with Gasteiger partial charge in [0.05, 0.1) is 0 Å². The van der Waals surface area contributed by atoms with Crippen molar-refractivity contribution in [3.8, 4) is 0 Å². The van der Waals surface area contributed by atoms with Crippen molar-refractivity contribution in [1.82, 2.24) is 15.2 Å². The van der Waals surface area contributed by atoms with Gasteiger partial charge in [0.15, 0.2) is 5.82 Å². The highest BCUT2D eigenvalue weighted by Gasteiger charge is 2.04. The molecule has 17 heavy (non-hydrogen) atoms.